The Balaban J connectivity index is 3.04. The van der Waals surface area contributed by atoms with Gasteiger partial charge in [-0.15, -0.1) is 0 Å². The van der Waals surface area contributed by atoms with Crippen molar-refractivity contribution in [2.45, 2.75) is 39.7 Å². The van der Waals surface area contributed by atoms with E-state index in [9.17, 15) is 14.4 Å². The number of carbonyl (C=O) groups excluding carboxylic acids is 3. The maximum Gasteiger partial charge on any atom is 0.326 e. The molecule has 1 rings (SSSR count). The quantitative estimate of drug-likeness (QED) is 0.460. The Kier molecular flexibility index (Phi) is 6.69. The molecule has 0 bridgehead atoms. The molecule has 5 heteroatoms. The van der Waals surface area contributed by atoms with E-state index in [2.05, 4.69) is 0 Å². The lowest BCUT2D eigenvalue weighted by Gasteiger charge is -2.25. The molecular weight excluding hydrogens is 294 g/mol. The van der Waals surface area contributed by atoms with Crippen LogP contribution in [0.5, 0.6) is 0 Å². The summed E-state index contributed by atoms with van der Waals surface area (Å²) in [5.41, 5.74) is 0.254. The summed E-state index contributed by atoms with van der Waals surface area (Å²) in [6.07, 6.45) is 2.33. The molecule has 1 aromatic rings. The van der Waals surface area contributed by atoms with Gasteiger partial charge in [0.25, 0.3) is 0 Å². The molecule has 0 fully saturated rings. The molecule has 0 saturated heterocycles. The van der Waals surface area contributed by atoms with Crippen molar-refractivity contribution in [1.29, 1.82) is 0 Å². The number of amides is 1. The highest BCUT2D eigenvalue weighted by atomic mass is 16.6. The zero-order valence-electron chi connectivity index (χ0n) is 14.0. The van der Waals surface area contributed by atoms with Gasteiger partial charge in [0.2, 0.25) is 5.91 Å². The van der Waals surface area contributed by atoms with E-state index in [1.807, 2.05) is 30.3 Å². The normalized spacial score (nSPS) is 11.7. The molecule has 0 aliphatic heterocycles. The van der Waals surface area contributed by atoms with E-state index >= 15 is 0 Å². The first-order chi connectivity index (χ1) is 10.8. The van der Waals surface area contributed by atoms with Gasteiger partial charge in [0.1, 0.15) is 12.1 Å². The van der Waals surface area contributed by atoms with Crippen LogP contribution in [0.3, 0.4) is 0 Å². The van der Waals surface area contributed by atoms with Gasteiger partial charge in [-0.3, -0.25) is 19.3 Å². The molecule has 0 saturated carbocycles. The summed E-state index contributed by atoms with van der Waals surface area (Å²) < 4.78 is 5.23. The zero-order valence-corrected chi connectivity index (χ0v) is 14.0. The van der Waals surface area contributed by atoms with Gasteiger partial charge >= 0.3 is 5.97 Å². The molecule has 1 aromatic carbocycles. The average Bonchev–Trinajstić information content (AvgIpc) is 2.49. The van der Waals surface area contributed by atoms with E-state index < -0.39 is 11.6 Å². The van der Waals surface area contributed by atoms with Gasteiger partial charge in [-0.25, -0.2) is 0 Å². The predicted molar refractivity (Wildman–Crippen MR) is 88.3 cm³/mol. The topological polar surface area (TPSA) is 63.7 Å². The van der Waals surface area contributed by atoms with Crippen molar-refractivity contribution in [3.63, 3.8) is 0 Å². The maximum absolute atomic E-state index is 12.1. The van der Waals surface area contributed by atoms with Crippen LogP contribution < -0.4 is 0 Å². The fraction of sp³-hybridized carbons (Fsp3) is 0.389. The summed E-state index contributed by atoms with van der Waals surface area (Å²) in [4.78, 5) is 36.7. The standard InChI is InChI=1S/C18H23NO4/c1-5-16(21)19(12-17(22)23-18(2,3)4)15(13-20)11-14-9-7-6-8-10-14/h6-11,13H,5,12H2,1-4H3. The average molecular weight is 317 g/mol. The maximum atomic E-state index is 12.1. The molecule has 0 N–H and O–H groups in total. The van der Waals surface area contributed by atoms with Crippen molar-refractivity contribution < 1.29 is 19.1 Å². The zero-order chi connectivity index (χ0) is 17.5. The summed E-state index contributed by atoms with van der Waals surface area (Å²) in [7, 11) is 0. The molecule has 0 heterocycles. The fourth-order valence-corrected chi connectivity index (χ4v) is 1.91. The third-order valence-electron chi connectivity index (χ3n) is 2.86. The second-order valence-corrected chi connectivity index (χ2v) is 6.02. The Morgan fingerprint density at radius 1 is 1.17 bits per heavy atom. The van der Waals surface area contributed by atoms with E-state index in [4.69, 9.17) is 4.74 Å². The summed E-state index contributed by atoms with van der Waals surface area (Å²) in [6, 6.07) is 9.13. The molecule has 0 unspecified atom stereocenters. The van der Waals surface area contributed by atoms with Crippen LogP contribution >= 0.6 is 0 Å². The predicted octanol–water partition coefficient (Wildman–Crippen LogP) is 2.81. The highest BCUT2D eigenvalue weighted by Gasteiger charge is 2.23. The molecule has 23 heavy (non-hydrogen) atoms. The minimum absolute atomic E-state index is 0.133. The van der Waals surface area contributed by atoms with E-state index in [-0.39, 0.29) is 24.6 Å². The molecule has 0 radical (unpaired) electrons. The highest BCUT2D eigenvalue weighted by Crippen LogP contribution is 2.13. The van der Waals surface area contributed by atoms with Crippen molar-refractivity contribution in [3.05, 3.63) is 41.6 Å². The van der Waals surface area contributed by atoms with Gasteiger partial charge in [-0.2, -0.15) is 0 Å². The lowest BCUT2D eigenvalue weighted by Crippen LogP contribution is -2.38. The SMILES string of the molecule is CCC(=O)N(CC(=O)OC(C)(C)C)C(C=O)=Cc1ccccc1. The lowest BCUT2D eigenvalue weighted by atomic mass is 10.2. The van der Waals surface area contributed by atoms with Crippen molar-refractivity contribution in [2.75, 3.05) is 6.54 Å². The summed E-state index contributed by atoms with van der Waals surface area (Å²) in [6.45, 7) is 6.63. The Bertz CT molecular complexity index is 585. The Morgan fingerprint density at radius 3 is 2.26 bits per heavy atom. The van der Waals surface area contributed by atoms with Crippen LogP contribution in [0.2, 0.25) is 0 Å². The molecule has 124 valence electrons. The number of hydrogen-bond donors (Lipinski definition) is 0. The number of hydrogen-bond acceptors (Lipinski definition) is 4. The van der Waals surface area contributed by atoms with E-state index in [1.165, 1.54) is 0 Å². The number of esters is 1. The van der Waals surface area contributed by atoms with Crippen LogP contribution in [-0.4, -0.2) is 35.2 Å². The number of rotatable bonds is 6. The number of ether oxygens (including phenoxy) is 1. The van der Waals surface area contributed by atoms with Gasteiger partial charge in [0, 0.05) is 6.42 Å². The lowest BCUT2D eigenvalue weighted by molar-refractivity contribution is -0.158. The molecule has 5 nitrogen and oxygen atoms in total. The van der Waals surface area contributed by atoms with Crippen LogP contribution in [0.1, 0.15) is 39.7 Å². The van der Waals surface area contributed by atoms with Crippen molar-refractivity contribution in [2.24, 2.45) is 0 Å². The van der Waals surface area contributed by atoms with Gasteiger partial charge in [-0.05, 0) is 32.4 Å². The minimum atomic E-state index is -0.650. The van der Waals surface area contributed by atoms with Crippen LogP contribution in [-0.2, 0) is 19.1 Å². The molecule has 0 aliphatic carbocycles. The van der Waals surface area contributed by atoms with Crippen molar-refractivity contribution in [3.8, 4) is 0 Å². The van der Waals surface area contributed by atoms with E-state index in [1.54, 1.807) is 33.8 Å². The summed E-state index contributed by atoms with van der Waals surface area (Å²) in [5, 5.41) is 0. The van der Waals surface area contributed by atoms with Gasteiger partial charge in [-0.1, -0.05) is 37.3 Å². The molecular formula is C18H23NO4. The summed E-state index contributed by atoms with van der Waals surface area (Å²) in [5.74, 6) is -0.870. The summed E-state index contributed by atoms with van der Waals surface area (Å²) >= 11 is 0. The van der Waals surface area contributed by atoms with Crippen LogP contribution in [0, 0.1) is 0 Å². The Morgan fingerprint density at radius 2 is 1.78 bits per heavy atom. The van der Waals surface area contributed by atoms with E-state index in [0.717, 1.165) is 10.5 Å². The highest BCUT2D eigenvalue weighted by molar-refractivity contribution is 5.92. The number of nitrogens with zero attached hydrogens (tertiary/aromatic N) is 1. The molecule has 0 spiro atoms. The second-order valence-electron chi connectivity index (χ2n) is 6.02. The fourth-order valence-electron chi connectivity index (χ4n) is 1.91. The first-order valence-electron chi connectivity index (χ1n) is 7.51. The first-order valence-corrected chi connectivity index (χ1v) is 7.51. The van der Waals surface area contributed by atoms with Crippen molar-refractivity contribution in [1.82, 2.24) is 4.90 Å². The number of aldehydes is 1. The van der Waals surface area contributed by atoms with Gasteiger partial charge in [0.15, 0.2) is 6.29 Å². The second kappa shape index (κ2) is 8.27. The smallest absolute Gasteiger partial charge is 0.326 e. The van der Waals surface area contributed by atoms with Crippen LogP contribution in [0.4, 0.5) is 0 Å². The molecule has 0 aromatic heterocycles. The molecule has 1 amide bonds. The van der Waals surface area contributed by atoms with Crippen LogP contribution in [0.25, 0.3) is 6.08 Å². The Labute approximate surface area is 136 Å². The van der Waals surface area contributed by atoms with Crippen molar-refractivity contribution >= 4 is 24.2 Å². The Hall–Kier alpha value is -2.43. The number of allylic oxidation sites excluding steroid dienone is 1. The molecule has 0 aliphatic rings. The first kappa shape index (κ1) is 18.6. The minimum Gasteiger partial charge on any atom is -0.459 e. The number of carbonyl (C=O) groups is 3. The third kappa shape index (κ3) is 6.46. The third-order valence-corrected chi connectivity index (χ3v) is 2.86. The van der Waals surface area contributed by atoms with Gasteiger partial charge < -0.3 is 4.74 Å². The number of benzene rings is 1. The van der Waals surface area contributed by atoms with Gasteiger partial charge in [0.05, 0.1) is 5.70 Å². The largest absolute Gasteiger partial charge is 0.459 e. The van der Waals surface area contributed by atoms with E-state index in [0.29, 0.717) is 6.29 Å². The molecule has 0 atom stereocenters. The monoisotopic (exact) mass is 317 g/mol. The van der Waals surface area contributed by atoms with Crippen LogP contribution in [0.15, 0.2) is 36.0 Å².